The maximum atomic E-state index is 12.4. The van der Waals surface area contributed by atoms with Crippen molar-refractivity contribution in [2.45, 2.75) is 38.5 Å². The lowest BCUT2D eigenvalue weighted by Crippen LogP contribution is -2.42. The molecule has 1 amide bonds. The van der Waals surface area contributed by atoms with Gasteiger partial charge in [0.05, 0.1) is 17.8 Å². The Bertz CT molecular complexity index is 727. The van der Waals surface area contributed by atoms with Gasteiger partial charge in [-0.2, -0.15) is 10.4 Å². The number of H-pyrrole nitrogens is 1. The number of ether oxygens (including phenoxy) is 1. The topological polar surface area (TPSA) is 95.7 Å². The SMILES string of the molecule is CCn1cc([C@H]2OCCC[C@@H]2NC(=O)c2c[nH]c(C#N)c2)cn1. The molecule has 1 saturated heterocycles. The minimum Gasteiger partial charge on any atom is -0.371 e. The van der Waals surface area contributed by atoms with Gasteiger partial charge < -0.3 is 15.0 Å². The number of aromatic nitrogens is 3. The van der Waals surface area contributed by atoms with Crippen molar-refractivity contribution in [3.05, 3.63) is 41.5 Å². The first-order valence-corrected chi connectivity index (χ1v) is 7.74. The second kappa shape index (κ2) is 6.67. The van der Waals surface area contributed by atoms with Crippen LogP contribution in [-0.4, -0.2) is 33.3 Å². The first-order valence-electron chi connectivity index (χ1n) is 7.74. The number of nitrogens with zero attached hydrogens (tertiary/aromatic N) is 3. The van der Waals surface area contributed by atoms with Crippen LogP contribution in [0.3, 0.4) is 0 Å². The summed E-state index contributed by atoms with van der Waals surface area (Å²) in [4.78, 5) is 15.1. The molecule has 7 nitrogen and oxygen atoms in total. The van der Waals surface area contributed by atoms with E-state index in [0.717, 1.165) is 24.9 Å². The van der Waals surface area contributed by atoms with Crippen LogP contribution in [0.25, 0.3) is 0 Å². The number of rotatable bonds is 4. The molecule has 0 spiro atoms. The van der Waals surface area contributed by atoms with Crippen LogP contribution in [0, 0.1) is 11.3 Å². The van der Waals surface area contributed by atoms with Crippen molar-refractivity contribution in [1.29, 1.82) is 5.26 Å². The lowest BCUT2D eigenvalue weighted by molar-refractivity contribution is -0.00950. The molecule has 23 heavy (non-hydrogen) atoms. The third-order valence-corrected chi connectivity index (χ3v) is 4.01. The van der Waals surface area contributed by atoms with E-state index in [-0.39, 0.29) is 18.1 Å². The maximum absolute atomic E-state index is 12.4. The normalized spacial score (nSPS) is 20.9. The zero-order valence-corrected chi connectivity index (χ0v) is 13.0. The van der Waals surface area contributed by atoms with Crippen molar-refractivity contribution in [3.63, 3.8) is 0 Å². The third-order valence-electron chi connectivity index (χ3n) is 4.01. The van der Waals surface area contributed by atoms with Gasteiger partial charge in [-0.1, -0.05) is 0 Å². The van der Waals surface area contributed by atoms with E-state index in [2.05, 4.69) is 15.4 Å². The summed E-state index contributed by atoms with van der Waals surface area (Å²) < 4.78 is 7.71. The van der Waals surface area contributed by atoms with E-state index < -0.39 is 0 Å². The molecule has 0 bridgehead atoms. The fourth-order valence-electron chi connectivity index (χ4n) is 2.80. The molecular formula is C16H19N5O2. The molecule has 7 heteroatoms. The molecule has 3 heterocycles. The lowest BCUT2D eigenvalue weighted by Gasteiger charge is -2.31. The average molecular weight is 313 g/mol. The van der Waals surface area contributed by atoms with Crippen LogP contribution >= 0.6 is 0 Å². The van der Waals surface area contributed by atoms with Crippen LogP contribution in [0.1, 0.15) is 47.5 Å². The highest BCUT2D eigenvalue weighted by molar-refractivity contribution is 5.94. The molecule has 0 aliphatic carbocycles. The molecule has 1 aliphatic heterocycles. The molecule has 0 aromatic carbocycles. The van der Waals surface area contributed by atoms with Crippen molar-refractivity contribution < 1.29 is 9.53 Å². The Morgan fingerprint density at radius 3 is 3.22 bits per heavy atom. The van der Waals surface area contributed by atoms with Crippen LogP contribution in [-0.2, 0) is 11.3 Å². The van der Waals surface area contributed by atoms with Crippen LogP contribution in [0.15, 0.2) is 24.7 Å². The van der Waals surface area contributed by atoms with Crippen molar-refractivity contribution >= 4 is 5.91 Å². The molecule has 0 unspecified atom stereocenters. The second-order valence-electron chi connectivity index (χ2n) is 5.56. The van der Waals surface area contributed by atoms with Gasteiger partial charge in [0.1, 0.15) is 17.9 Å². The van der Waals surface area contributed by atoms with Gasteiger partial charge in [0.25, 0.3) is 5.91 Å². The number of aryl methyl sites for hydroxylation is 1. The molecule has 0 radical (unpaired) electrons. The fourth-order valence-corrected chi connectivity index (χ4v) is 2.80. The molecule has 2 N–H and O–H groups in total. The van der Waals surface area contributed by atoms with Crippen molar-refractivity contribution in [2.75, 3.05) is 6.61 Å². The highest BCUT2D eigenvalue weighted by Crippen LogP contribution is 2.28. The van der Waals surface area contributed by atoms with Crippen molar-refractivity contribution in [1.82, 2.24) is 20.1 Å². The number of aromatic amines is 1. The Morgan fingerprint density at radius 2 is 2.52 bits per heavy atom. The summed E-state index contributed by atoms with van der Waals surface area (Å²) in [6, 6.07) is 3.42. The zero-order chi connectivity index (χ0) is 16.2. The summed E-state index contributed by atoms with van der Waals surface area (Å²) in [6.45, 7) is 3.50. The summed E-state index contributed by atoms with van der Waals surface area (Å²) in [5, 5.41) is 16.1. The largest absolute Gasteiger partial charge is 0.371 e. The van der Waals surface area contributed by atoms with Crippen LogP contribution in [0.2, 0.25) is 0 Å². The summed E-state index contributed by atoms with van der Waals surface area (Å²) in [7, 11) is 0. The van der Waals surface area contributed by atoms with Gasteiger partial charge in [-0.05, 0) is 25.8 Å². The highest BCUT2D eigenvalue weighted by Gasteiger charge is 2.30. The van der Waals surface area contributed by atoms with Crippen LogP contribution in [0.5, 0.6) is 0 Å². The molecular weight excluding hydrogens is 294 g/mol. The Hall–Kier alpha value is -2.59. The van der Waals surface area contributed by atoms with Gasteiger partial charge in [-0.25, -0.2) is 0 Å². The summed E-state index contributed by atoms with van der Waals surface area (Å²) in [5.41, 5.74) is 1.80. The number of hydrogen-bond acceptors (Lipinski definition) is 4. The van der Waals surface area contributed by atoms with E-state index in [0.29, 0.717) is 17.9 Å². The first-order chi connectivity index (χ1) is 11.2. The first kappa shape index (κ1) is 15.3. The predicted molar refractivity (Wildman–Crippen MR) is 82.6 cm³/mol. The van der Waals surface area contributed by atoms with E-state index in [1.807, 2.05) is 23.9 Å². The summed E-state index contributed by atoms with van der Waals surface area (Å²) in [5.74, 6) is -0.203. The number of nitriles is 1. The maximum Gasteiger partial charge on any atom is 0.253 e. The van der Waals surface area contributed by atoms with Gasteiger partial charge in [-0.15, -0.1) is 0 Å². The Balaban J connectivity index is 1.73. The standard InChI is InChI=1S/C16H19N5O2/c1-2-21-10-12(9-19-21)15-14(4-3-5-23-15)20-16(22)11-6-13(7-17)18-8-11/h6,8-10,14-15,18H,2-5H2,1H3,(H,20,22)/t14-,15+/m0/s1. The summed E-state index contributed by atoms with van der Waals surface area (Å²) >= 11 is 0. The lowest BCUT2D eigenvalue weighted by atomic mass is 9.98. The van der Waals surface area contributed by atoms with Crippen LogP contribution in [0.4, 0.5) is 0 Å². The molecule has 0 saturated carbocycles. The van der Waals surface area contributed by atoms with E-state index >= 15 is 0 Å². The number of amides is 1. The molecule has 1 aliphatic rings. The van der Waals surface area contributed by atoms with E-state index in [9.17, 15) is 4.79 Å². The molecule has 2 atom stereocenters. The average Bonchev–Trinajstić information content (AvgIpc) is 3.24. The Morgan fingerprint density at radius 1 is 1.65 bits per heavy atom. The van der Waals surface area contributed by atoms with Gasteiger partial charge in [0.15, 0.2) is 0 Å². The zero-order valence-electron chi connectivity index (χ0n) is 13.0. The van der Waals surface area contributed by atoms with Gasteiger partial charge in [0, 0.05) is 31.1 Å². The molecule has 2 aromatic heterocycles. The Kier molecular flexibility index (Phi) is 4.44. The molecule has 1 fully saturated rings. The van der Waals surface area contributed by atoms with Crippen LogP contribution < -0.4 is 5.32 Å². The number of hydrogen-bond donors (Lipinski definition) is 2. The van der Waals surface area contributed by atoms with E-state index in [1.54, 1.807) is 18.5 Å². The predicted octanol–water partition coefficient (Wildman–Crippen LogP) is 1.75. The van der Waals surface area contributed by atoms with E-state index in [1.165, 1.54) is 0 Å². The molecule has 3 rings (SSSR count). The third kappa shape index (κ3) is 3.27. The van der Waals surface area contributed by atoms with Gasteiger partial charge in [-0.3, -0.25) is 9.48 Å². The monoisotopic (exact) mass is 313 g/mol. The quantitative estimate of drug-likeness (QED) is 0.899. The number of carbonyl (C=O) groups excluding carboxylic acids is 1. The summed E-state index contributed by atoms with van der Waals surface area (Å²) in [6.07, 6.45) is 6.86. The number of carbonyl (C=O) groups is 1. The van der Waals surface area contributed by atoms with Crippen molar-refractivity contribution in [3.8, 4) is 6.07 Å². The highest BCUT2D eigenvalue weighted by atomic mass is 16.5. The fraction of sp³-hybridized carbons (Fsp3) is 0.438. The minimum atomic E-state index is -0.203. The molecule has 120 valence electrons. The van der Waals surface area contributed by atoms with Gasteiger partial charge >= 0.3 is 0 Å². The van der Waals surface area contributed by atoms with E-state index in [4.69, 9.17) is 10.00 Å². The molecule has 2 aromatic rings. The smallest absolute Gasteiger partial charge is 0.253 e. The Labute approximate surface area is 134 Å². The second-order valence-corrected chi connectivity index (χ2v) is 5.56. The van der Waals surface area contributed by atoms with Crippen molar-refractivity contribution in [2.24, 2.45) is 0 Å². The minimum absolute atomic E-state index is 0.105. The van der Waals surface area contributed by atoms with Gasteiger partial charge in [0.2, 0.25) is 0 Å². The number of nitrogens with one attached hydrogen (secondary N) is 2.